The zero-order valence-electron chi connectivity index (χ0n) is 17.7. The number of halogens is 1. The lowest BCUT2D eigenvalue weighted by Crippen LogP contribution is -2.03. The molecule has 1 N–H and O–H groups in total. The van der Waals surface area contributed by atoms with Crippen molar-refractivity contribution in [2.45, 2.75) is 6.92 Å². The van der Waals surface area contributed by atoms with Gasteiger partial charge < -0.3 is 9.84 Å². The van der Waals surface area contributed by atoms with Gasteiger partial charge in [-0.25, -0.2) is 9.37 Å². The number of carbonyl (C=O) groups excluding carboxylic acids is 2. The average molecular weight is 490 g/mol. The molecule has 0 aliphatic carbocycles. The molecule has 34 heavy (non-hydrogen) atoms. The van der Waals surface area contributed by atoms with Gasteiger partial charge in [-0.1, -0.05) is 24.3 Å². The summed E-state index contributed by atoms with van der Waals surface area (Å²) in [5, 5.41) is 13.2. The van der Waals surface area contributed by atoms with E-state index in [1.807, 2.05) is 24.3 Å². The number of aromatic nitrogens is 1. The fourth-order valence-electron chi connectivity index (χ4n) is 3.81. The van der Waals surface area contributed by atoms with E-state index in [4.69, 9.17) is 4.74 Å². The molecule has 5 rings (SSSR count). The first-order chi connectivity index (χ1) is 16.4. The molecule has 168 valence electrons. The van der Waals surface area contributed by atoms with E-state index in [9.17, 15) is 19.1 Å². The number of aromatic hydroxyl groups is 1. The molecule has 0 saturated carbocycles. The molecule has 0 radical (unpaired) electrons. The quantitative estimate of drug-likeness (QED) is 0.215. The van der Waals surface area contributed by atoms with E-state index in [-0.39, 0.29) is 17.4 Å². The van der Waals surface area contributed by atoms with Gasteiger partial charge in [0.05, 0.1) is 10.3 Å². The Morgan fingerprint density at radius 3 is 2.56 bits per heavy atom. The Labute approximate surface area is 201 Å². The van der Waals surface area contributed by atoms with E-state index >= 15 is 0 Å². The van der Waals surface area contributed by atoms with Crippen LogP contribution in [0, 0.1) is 12.7 Å². The number of ether oxygens (including phenoxy) is 1. The fraction of sp³-hybridized carbons (Fsp3) is 0.0385. The Morgan fingerprint density at radius 1 is 1.06 bits per heavy atom. The number of hydrogen-bond donors (Lipinski definition) is 1. The Morgan fingerprint density at radius 2 is 1.82 bits per heavy atom. The third kappa shape index (κ3) is 3.98. The molecule has 2 aromatic heterocycles. The summed E-state index contributed by atoms with van der Waals surface area (Å²) in [7, 11) is 0. The standard InChI is InChI=1S/C26H16FNO4S2/c1-14-10-17(27)6-8-19(14)24(31)25-23(20-9-7-18(30)11-21(20)34-25)15-2-4-16(5-3-15)26-28-22(12-33-26)32-13-29/h2-13,30H,1H3. The van der Waals surface area contributed by atoms with Crippen LogP contribution >= 0.6 is 22.7 Å². The van der Waals surface area contributed by atoms with Crippen LogP contribution in [0.3, 0.4) is 0 Å². The number of ketones is 1. The monoisotopic (exact) mass is 489 g/mol. The predicted molar refractivity (Wildman–Crippen MR) is 131 cm³/mol. The van der Waals surface area contributed by atoms with Crippen molar-refractivity contribution in [1.82, 2.24) is 4.98 Å². The number of fused-ring (bicyclic) bond motifs is 1. The van der Waals surface area contributed by atoms with E-state index in [0.29, 0.717) is 27.5 Å². The molecule has 0 fully saturated rings. The van der Waals surface area contributed by atoms with Crippen LogP contribution in [-0.2, 0) is 4.79 Å². The highest BCUT2D eigenvalue weighted by Crippen LogP contribution is 2.42. The van der Waals surface area contributed by atoms with Crippen LogP contribution in [0.25, 0.3) is 31.8 Å². The molecule has 0 saturated heterocycles. The minimum atomic E-state index is -0.394. The van der Waals surface area contributed by atoms with Gasteiger partial charge in [0, 0.05) is 26.8 Å². The average Bonchev–Trinajstić information content (AvgIpc) is 3.43. The lowest BCUT2D eigenvalue weighted by atomic mass is 9.96. The maximum Gasteiger partial charge on any atom is 0.299 e. The van der Waals surface area contributed by atoms with Crippen molar-refractivity contribution in [3.63, 3.8) is 0 Å². The van der Waals surface area contributed by atoms with Gasteiger partial charge in [-0.15, -0.1) is 22.7 Å². The summed E-state index contributed by atoms with van der Waals surface area (Å²) in [5.74, 6) is -0.238. The lowest BCUT2D eigenvalue weighted by Gasteiger charge is -2.08. The number of phenolic OH excluding ortho intramolecular Hbond substituents is 1. The SMILES string of the molecule is Cc1cc(F)ccc1C(=O)c1sc2cc(O)ccc2c1-c1ccc(-c2nc(OC=O)cs2)cc1. The van der Waals surface area contributed by atoms with E-state index < -0.39 is 5.82 Å². The molecule has 0 atom stereocenters. The number of carbonyl (C=O) groups is 2. The summed E-state index contributed by atoms with van der Waals surface area (Å²) in [6.07, 6.45) is 0. The molecule has 0 aliphatic rings. The van der Waals surface area contributed by atoms with Crippen LogP contribution in [0.1, 0.15) is 20.8 Å². The first kappa shape index (κ1) is 21.9. The summed E-state index contributed by atoms with van der Waals surface area (Å²) < 4.78 is 19.2. The number of phenols is 1. The van der Waals surface area contributed by atoms with Crippen LogP contribution in [-0.4, -0.2) is 22.3 Å². The molecule has 5 aromatic rings. The Hall–Kier alpha value is -3.88. The molecule has 8 heteroatoms. The molecule has 0 bridgehead atoms. The van der Waals surface area contributed by atoms with Gasteiger partial charge in [-0.3, -0.25) is 9.59 Å². The number of nitrogens with zero attached hydrogens (tertiary/aromatic N) is 1. The molecule has 2 heterocycles. The van der Waals surface area contributed by atoms with E-state index in [1.165, 1.54) is 40.9 Å². The zero-order valence-corrected chi connectivity index (χ0v) is 19.4. The maximum atomic E-state index is 13.6. The number of aryl methyl sites for hydroxylation is 1. The highest BCUT2D eigenvalue weighted by molar-refractivity contribution is 7.21. The summed E-state index contributed by atoms with van der Waals surface area (Å²) >= 11 is 2.65. The molecule has 3 aromatic carbocycles. The van der Waals surface area contributed by atoms with Crippen LogP contribution in [0.4, 0.5) is 4.39 Å². The molecule has 0 aliphatic heterocycles. The van der Waals surface area contributed by atoms with Gasteiger partial charge in [0.2, 0.25) is 11.7 Å². The summed E-state index contributed by atoms with van der Waals surface area (Å²) in [6.45, 7) is 2.04. The summed E-state index contributed by atoms with van der Waals surface area (Å²) in [6, 6.07) is 16.7. The molecular weight excluding hydrogens is 473 g/mol. The van der Waals surface area contributed by atoms with Gasteiger partial charge in [0.15, 0.2) is 0 Å². The second-order valence-corrected chi connectivity index (χ2v) is 9.47. The normalized spacial score (nSPS) is 11.0. The van der Waals surface area contributed by atoms with Crippen molar-refractivity contribution >= 4 is 45.0 Å². The Balaban J connectivity index is 1.62. The highest BCUT2D eigenvalue weighted by Gasteiger charge is 2.23. The second kappa shape index (κ2) is 8.81. The summed E-state index contributed by atoms with van der Waals surface area (Å²) in [4.78, 5) is 28.9. The summed E-state index contributed by atoms with van der Waals surface area (Å²) in [5.41, 5.74) is 3.41. The van der Waals surface area contributed by atoms with Gasteiger partial charge in [-0.2, -0.15) is 0 Å². The van der Waals surface area contributed by atoms with Crippen molar-refractivity contribution < 1.29 is 23.8 Å². The second-order valence-electron chi connectivity index (χ2n) is 7.56. The lowest BCUT2D eigenvalue weighted by molar-refractivity contribution is -0.120. The molecule has 0 unspecified atom stereocenters. The van der Waals surface area contributed by atoms with Crippen molar-refractivity contribution in [2.75, 3.05) is 0 Å². The molecule has 0 spiro atoms. The molecule has 0 amide bonds. The van der Waals surface area contributed by atoms with Gasteiger partial charge in [-0.05, 0) is 54.4 Å². The number of benzene rings is 3. The zero-order chi connectivity index (χ0) is 23.8. The number of thiophene rings is 1. The van der Waals surface area contributed by atoms with Crippen LogP contribution in [0.5, 0.6) is 11.6 Å². The number of hydrogen-bond acceptors (Lipinski definition) is 7. The van der Waals surface area contributed by atoms with Gasteiger partial charge in [0.25, 0.3) is 6.47 Å². The first-order valence-electron chi connectivity index (χ1n) is 10.2. The van der Waals surface area contributed by atoms with Crippen molar-refractivity contribution in [2.24, 2.45) is 0 Å². The molecular formula is C26H16FNO4S2. The minimum absolute atomic E-state index is 0.115. The van der Waals surface area contributed by atoms with Crippen molar-refractivity contribution in [3.8, 4) is 33.3 Å². The van der Waals surface area contributed by atoms with Crippen LogP contribution < -0.4 is 4.74 Å². The predicted octanol–water partition coefficient (Wildman–Crippen LogP) is 6.61. The Kier molecular flexibility index (Phi) is 5.69. The van der Waals surface area contributed by atoms with Crippen molar-refractivity contribution in [3.05, 3.63) is 87.9 Å². The first-order valence-corrected chi connectivity index (χ1v) is 11.9. The van der Waals surface area contributed by atoms with Gasteiger partial charge in [0.1, 0.15) is 16.6 Å². The van der Waals surface area contributed by atoms with Crippen LogP contribution in [0.2, 0.25) is 0 Å². The smallest absolute Gasteiger partial charge is 0.299 e. The number of thiazole rings is 1. The maximum absolute atomic E-state index is 13.6. The van der Waals surface area contributed by atoms with E-state index in [0.717, 1.165) is 26.8 Å². The topological polar surface area (TPSA) is 76.5 Å². The third-order valence-corrected chi connectivity index (χ3v) is 7.41. The van der Waals surface area contributed by atoms with Crippen molar-refractivity contribution in [1.29, 1.82) is 0 Å². The fourth-order valence-corrected chi connectivity index (χ4v) is 5.76. The molecule has 5 nitrogen and oxygen atoms in total. The van der Waals surface area contributed by atoms with E-state index in [1.54, 1.807) is 30.5 Å². The third-order valence-electron chi connectivity index (χ3n) is 5.39. The largest absolute Gasteiger partial charge is 0.508 e. The minimum Gasteiger partial charge on any atom is -0.508 e. The highest BCUT2D eigenvalue weighted by atomic mass is 32.1. The van der Waals surface area contributed by atoms with Crippen LogP contribution in [0.15, 0.2) is 66.0 Å². The van der Waals surface area contributed by atoms with E-state index in [2.05, 4.69) is 4.98 Å². The van der Waals surface area contributed by atoms with Gasteiger partial charge >= 0.3 is 0 Å². The Bertz CT molecular complexity index is 1550. The number of rotatable bonds is 6.